The molecule has 0 fully saturated rings. The summed E-state index contributed by atoms with van der Waals surface area (Å²) in [6, 6.07) is 4.46. The van der Waals surface area contributed by atoms with Gasteiger partial charge in [0.1, 0.15) is 0 Å². The Morgan fingerprint density at radius 2 is 1.91 bits per heavy atom. The lowest BCUT2D eigenvalue weighted by Crippen LogP contribution is -2.32. The fraction of sp³-hybridized carbons (Fsp3) is 0.400. The summed E-state index contributed by atoms with van der Waals surface area (Å²) in [5, 5.41) is 14.1. The molecule has 7 heteroatoms. The molecule has 0 aliphatic heterocycles. The molecular formula is C15H20N2O5. The van der Waals surface area contributed by atoms with Gasteiger partial charge in [0.15, 0.2) is 0 Å². The second-order valence-electron chi connectivity index (χ2n) is 4.73. The number of carboxylic acid groups (broad SMARTS) is 1. The molecule has 1 aromatic rings. The molecule has 0 aliphatic carbocycles. The van der Waals surface area contributed by atoms with Crippen molar-refractivity contribution in [3.05, 3.63) is 29.3 Å². The van der Waals surface area contributed by atoms with Crippen molar-refractivity contribution in [3.8, 4) is 0 Å². The predicted molar refractivity (Wildman–Crippen MR) is 80.7 cm³/mol. The van der Waals surface area contributed by atoms with E-state index in [-0.39, 0.29) is 24.6 Å². The highest BCUT2D eigenvalue weighted by Gasteiger charge is 2.10. The number of hydrogen-bond donors (Lipinski definition) is 3. The lowest BCUT2D eigenvalue weighted by atomic mass is 10.1. The van der Waals surface area contributed by atoms with Crippen LogP contribution >= 0.6 is 0 Å². The maximum atomic E-state index is 11.8. The van der Waals surface area contributed by atoms with Crippen LogP contribution in [0.5, 0.6) is 0 Å². The minimum absolute atomic E-state index is 0.0554. The molecule has 0 aromatic heterocycles. The number of amides is 2. The van der Waals surface area contributed by atoms with Gasteiger partial charge >= 0.3 is 5.97 Å². The van der Waals surface area contributed by atoms with Crippen LogP contribution in [0, 0.1) is 0 Å². The summed E-state index contributed by atoms with van der Waals surface area (Å²) in [5.74, 6) is -1.71. The summed E-state index contributed by atoms with van der Waals surface area (Å²) < 4.78 is 4.97. The van der Waals surface area contributed by atoms with Crippen molar-refractivity contribution in [2.45, 2.75) is 26.4 Å². The highest BCUT2D eigenvalue weighted by molar-refractivity contribution is 5.96. The zero-order valence-electron chi connectivity index (χ0n) is 12.6. The van der Waals surface area contributed by atoms with Crippen LogP contribution in [-0.4, -0.2) is 36.5 Å². The van der Waals surface area contributed by atoms with E-state index in [1.807, 2.05) is 6.92 Å². The van der Waals surface area contributed by atoms with E-state index in [0.717, 1.165) is 0 Å². The average Bonchev–Trinajstić information content (AvgIpc) is 2.45. The molecule has 0 aliphatic rings. The number of carbonyl (C=O) groups is 3. The van der Waals surface area contributed by atoms with Crippen LogP contribution in [0.3, 0.4) is 0 Å². The van der Waals surface area contributed by atoms with E-state index in [0.29, 0.717) is 24.1 Å². The van der Waals surface area contributed by atoms with Crippen LogP contribution in [0.2, 0.25) is 0 Å². The quantitative estimate of drug-likeness (QED) is 0.673. The summed E-state index contributed by atoms with van der Waals surface area (Å²) in [6.45, 7) is 1.95. The molecule has 7 nitrogen and oxygen atoms in total. The van der Waals surface area contributed by atoms with E-state index in [9.17, 15) is 14.4 Å². The standard InChI is InChI=1S/C15H20N2O5/c1-3-4-13(18)16-8-14(19)17-12-6-10(9-22-2)5-11(7-12)15(20)21/h5-7H,3-4,8-9H2,1-2H3,(H,16,18)(H,17,19)(H,20,21). The third-order valence-electron chi connectivity index (χ3n) is 2.76. The van der Waals surface area contributed by atoms with Crippen molar-refractivity contribution >= 4 is 23.5 Å². The van der Waals surface area contributed by atoms with Crippen LogP contribution in [0.1, 0.15) is 35.7 Å². The number of aromatic carboxylic acids is 1. The minimum Gasteiger partial charge on any atom is -0.478 e. The molecule has 2 amide bonds. The number of ether oxygens (including phenoxy) is 1. The van der Waals surface area contributed by atoms with Crippen molar-refractivity contribution in [3.63, 3.8) is 0 Å². The van der Waals surface area contributed by atoms with Crippen LogP contribution in [0.15, 0.2) is 18.2 Å². The van der Waals surface area contributed by atoms with E-state index < -0.39 is 11.9 Å². The number of rotatable bonds is 8. The van der Waals surface area contributed by atoms with Crippen molar-refractivity contribution in [2.75, 3.05) is 19.0 Å². The molecule has 120 valence electrons. The molecule has 0 spiro atoms. The van der Waals surface area contributed by atoms with Gasteiger partial charge in [-0.15, -0.1) is 0 Å². The van der Waals surface area contributed by atoms with Gasteiger partial charge in [-0.25, -0.2) is 4.79 Å². The number of hydrogen-bond acceptors (Lipinski definition) is 4. The third-order valence-corrected chi connectivity index (χ3v) is 2.76. The summed E-state index contributed by atoms with van der Waals surface area (Å²) >= 11 is 0. The number of nitrogens with one attached hydrogen (secondary N) is 2. The SMILES string of the molecule is CCCC(=O)NCC(=O)Nc1cc(COC)cc(C(=O)O)c1. The van der Waals surface area contributed by atoms with Crippen LogP contribution in [-0.2, 0) is 20.9 Å². The molecule has 0 saturated carbocycles. The fourth-order valence-corrected chi connectivity index (χ4v) is 1.84. The molecule has 0 bridgehead atoms. The first kappa shape index (κ1) is 17.6. The van der Waals surface area contributed by atoms with Gasteiger partial charge in [0.25, 0.3) is 0 Å². The summed E-state index contributed by atoms with van der Waals surface area (Å²) in [5.41, 5.74) is 1.04. The van der Waals surface area contributed by atoms with Gasteiger partial charge < -0.3 is 20.5 Å². The Hall–Kier alpha value is -2.41. The van der Waals surface area contributed by atoms with Crippen LogP contribution in [0.25, 0.3) is 0 Å². The van der Waals surface area contributed by atoms with E-state index in [1.54, 1.807) is 6.07 Å². The minimum atomic E-state index is -1.09. The maximum absolute atomic E-state index is 11.8. The Morgan fingerprint density at radius 3 is 2.50 bits per heavy atom. The zero-order valence-corrected chi connectivity index (χ0v) is 12.6. The molecule has 1 aromatic carbocycles. The van der Waals surface area contributed by atoms with E-state index >= 15 is 0 Å². The topological polar surface area (TPSA) is 105 Å². The summed E-state index contributed by atoms with van der Waals surface area (Å²) in [6.07, 6.45) is 1.06. The molecule has 0 heterocycles. The zero-order chi connectivity index (χ0) is 16.5. The predicted octanol–water partition coefficient (Wildman–Crippen LogP) is 1.39. The average molecular weight is 308 g/mol. The number of carboxylic acids is 1. The Kier molecular flexibility index (Phi) is 7.04. The largest absolute Gasteiger partial charge is 0.478 e. The highest BCUT2D eigenvalue weighted by atomic mass is 16.5. The first-order valence-corrected chi connectivity index (χ1v) is 6.89. The Balaban J connectivity index is 2.72. The second kappa shape index (κ2) is 8.78. The number of carbonyl (C=O) groups excluding carboxylic acids is 2. The van der Waals surface area contributed by atoms with Gasteiger partial charge in [-0.1, -0.05) is 6.92 Å². The normalized spacial score (nSPS) is 10.1. The van der Waals surface area contributed by atoms with Crippen LogP contribution < -0.4 is 10.6 Å². The smallest absolute Gasteiger partial charge is 0.335 e. The Morgan fingerprint density at radius 1 is 1.18 bits per heavy atom. The third kappa shape index (κ3) is 5.92. The molecule has 3 N–H and O–H groups in total. The lowest BCUT2D eigenvalue weighted by Gasteiger charge is -2.10. The van der Waals surface area contributed by atoms with Crippen molar-refractivity contribution < 1.29 is 24.2 Å². The fourth-order valence-electron chi connectivity index (χ4n) is 1.84. The first-order chi connectivity index (χ1) is 10.5. The van der Waals surface area contributed by atoms with Crippen molar-refractivity contribution in [1.82, 2.24) is 5.32 Å². The van der Waals surface area contributed by atoms with Gasteiger partial charge in [0.2, 0.25) is 11.8 Å². The molecular weight excluding hydrogens is 288 g/mol. The number of anilines is 1. The molecule has 0 radical (unpaired) electrons. The van der Waals surface area contributed by atoms with Gasteiger partial charge in [0.05, 0.1) is 18.7 Å². The molecule has 1 rings (SSSR count). The maximum Gasteiger partial charge on any atom is 0.335 e. The van der Waals surface area contributed by atoms with Gasteiger partial charge in [-0.3, -0.25) is 9.59 Å². The van der Waals surface area contributed by atoms with E-state index in [1.165, 1.54) is 19.2 Å². The van der Waals surface area contributed by atoms with Crippen LogP contribution in [0.4, 0.5) is 5.69 Å². The van der Waals surface area contributed by atoms with Gasteiger partial charge in [-0.05, 0) is 30.2 Å². The summed E-state index contributed by atoms with van der Waals surface area (Å²) in [4.78, 5) is 34.1. The summed E-state index contributed by atoms with van der Waals surface area (Å²) in [7, 11) is 1.49. The Bertz CT molecular complexity index is 557. The first-order valence-electron chi connectivity index (χ1n) is 6.89. The van der Waals surface area contributed by atoms with Gasteiger partial charge in [-0.2, -0.15) is 0 Å². The molecule has 0 unspecified atom stereocenters. The molecule has 0 atom stereocenters. The molecule has 0 saturated heterocycles. The van der Waals surface area contributed by atoms with E-state index in [4.69, 9.17) is 9.84 Å². The van der Waals surface area contributed by atoms with E-state index in [2.05, 4.69) is 10.6 Å². The number of benzene rings is 1. The van der Waals surface area contributed by atoms with Crippen molar-refractivity contribution in [1.29, 1.82) is 0 Å². The van der Waals surface area contributed by atoms with Gasteiger partial charge in [0, 0.05) is 19.2 Å². The highest BCUT2D eigenvalue weighted by Crippen LogP contribution is 2.16. The number of methoxy groups -OCH3 is 1. The Labute approximate surface area is 128 Å². The van der Waals surface area contributed by atoms with Crippen molar-refractivity contribution in [2.24, 2.45) is 0 Å². The monoisotopic (exact) mass is 308 g/mol. The lowest BCUT2D eigenvalue weighted by molar-refractivity contribution is -0.124. The molecule has 22 heavy (non-hydrogen) atoms. The second-order valence-corrected chi connectivity index (χ2v) is 4.73.